The number of nitrogens with two attached hydrogens (primary N) is 1. The van der Waals surface area contributed by atoms with E-state index in [0.717, 1.165) is 0 Å². The van der Waals surface area contributed by atoms with Crippen molar-refractivity contribution < 1.29 is 9.18 Å². The lowest BCUT2D eigenvalue weighted by atomic mass is 10.2. The maximum absolute atomic E-state index is 13.1. The largest absolute Gasteiger partial charge is 0.369 e. The van der Waals surface area contributed by atoms with E-state index in [1.165, 1.54) is 23.9 Å². The van der Waals surface area contributed by atoms with Crippen molar-refractivity contribution >= 4 is 23.3 Å². The highest BCUT2D eigenvalue weighted by atomic mass is 32.2. The van der Waals surface area contributed by atoms with Crippen LogP contribution < -0.4 is 5.73 Å². The van der Waals surface area contributed by atoms with Gasteiger partial charge in [0.1, 0.15) is 10.8 Å². The Morgan fingerprint density at radius 1 is 1.26 bits per heavy atom. The molecule has 8 heteroatoms. The van der Waals surface area contributed by atoms with Crippen LogP contribution in [0.25, 0.3) is 17.0 Å². The lowest BCUT2D eigenvalue weighted by molar-refractivity contribution is -0.117. The lowest BCUT2D eigenvalue weighted by Gasteiger charge is -2.09. The molecule has 118 valence electrons. The van der Waals surface area contributed by atoms with Gasteiger partial charge in [0.2, 0.25) is 5.91 Å². The molecule has 1 unspecified atom stereocenters. The van der Waals surface area contributed by atoms with Crippen molar-refractivity contribution in [2.75, 3.05) is 0 Å². The zero-order chi connectivity index (χ0) is 16.4. The molecule has 0 spiro atoms. The van der Waals surface area contributed by atoms with Crippen LogP contribution >= 0.6 is 11.8 Å². The minimum Gasteiger partial charge on any atom is -0.369 e. The fourth-order valence-electron chi connectivity index (χ4n) is 2.10. The Bertz CT molecular complexity index is 849. The average molecular weight is 331 g/mol. The molecular weight excluding hydrogens is 317 g/mol. The van der Waals surface area contributed by atoms with Crippen LogP contribution in [0.3, 0.4) is 0 Å². The minimum absolute atomic E-state index is 0.320. The second-order valence-corrected chi connectivity index (χ2v) is 6.11. The van der Waals surface area contributed by atoms with Gasteiger partial charge in [0.25, 0.3) is 0 Å². The van der Waals surface area contributed by atoms with Crippen LogP contribution in [0.4, 0.5) is 4.39 Å². The van der Waals surface area contributed by atoms with E-state index in [0.29, 0.717) is 28.5 Å². The van der Waals surface area contributed by atoms with Crippen molar-refractivity contribution in [3.8, 4) is 11.4 Å². The van der Waals surface area contributed by atoms with Crippen LogP contribution in [-0.4, -0.2) is 31.0 Å². The summed E-state index contributed by atoms with van der Waals surface area (Å²) in [7, 11) is 0. The van der Waals surface area contributed by atoms with E-state index in [4.69, 9.17) is 5.73 Å². The van der Waals surface area contributed by atoms with E-state index in [-0.39, 0.29) is 17.0 Å². The first-order valence-electron chi connectivity index (χ1n) is 7.03. The van der Waals surface area contributed by atoms with Crippen molar-refractivity contribution in [3.63, 3.8) is 0 Å². The number of hydrogen-bond donors (Lipinski definition) is 1. The molecule has 0 fully saturated rings. The number of halogens is 1. The summed E-state index contributed by atoms with van der Waals surface area (Å²) in [6.07, 6.45) is 0.618. The first-order valence-corrected chi connectivity index (χ1v) is 7.91. The number of primary amides is 1. The Balaban J connectivity index is 2.00. The van der Waals surface area contributed by atoms with Crippen molar-refractivity contribution in [1.82, 2.24) is 19.8 Å². The van der Waals surface area contributed by atoms with Gasteiger partial charge in [-0.25, -0.2) is 4.39 Å². The van der Waals surface area contributed by atoms with Gasteiger partial charge < -0.3 is 5.73 Å². The Hall–Kier alpha value is -2.48. The molecule has 2 aromatic heterocycles. The second kappa shape index (κ2) is 6.33. The summed E-state index contributed by atoms with van der Waals surface area (Å²) in [6, 6.07) is 9.49. The first kappa shape index (κ1) is 15.4. The van der Waals surface area contributed by atoms with Crippen LogP contribution in [0.5, 0.6) is 0 Å². The molecule has 1 atom stereocenters. The molecule has 0 aliphatic rings. The summed E-state index contributed by atoms with van der Waals surface area (Å²) >= 11 is 1.30. The number of benzene rings is 1. The molecule has 6 nitrogen and oxygen atoms in total. The number of thioether (sulfide) groups is 1. The van der Waals surface area contributed by atoms with Crippen molar-refractivity contribution in [1.29, 1.82) is 0 Å². The summed E-state index contributed by atoms with van der Waals surface area (Å²) in [5, 5.41) is 12.9. The summed E-state index contributed by atoms with van der Waals surface area (Å²) in [5.41, 5.74) is 6.64. The number of fused-ring (bicyclic) bond motifs is 1. The molecule has 0 saturated heterocycles. The van der Waals surface area contributed by atoms with Crippen molar-refractivity contribution in [2.24, 2.45) is 5.73 Å². The number of nitrogens with zero attached hydrogens (tertiary/aromatic N) is 4. The standard InChI is InChI=1S/C15H14FN5OS/c1-2-11(14(17)22)23-13-8-7-12-18-19-15(21(12)20-13)9-3-5-10(16)6-4-9/h3-8,11H,2H2,1H3,(H2,17,22). The third kappa shape index (κ3) is 3.16. The lowest BCUT2D eigenvalue weighted by Crippen LogP contribution is -2.25. The fourth-order valence-corrected chi connectivity index (χ4v) is 2.95. The highest BCUT2D eigenvalue weighted by Gasteiger charge is 2.17. The number of carbonyl (C=O) groups excluding carboxylic acids is 1. The second-order valence-electron chi connectivity index (χ2n) is 4.89. The number of rotatable bonds is 5. The molecule has 2 N–H and O–H groups in total. The molecule has 2 heterocycles. The topological polar surface area (TPSA) is 86.2 Å². The molecule has 1 amide bonds. The molecule has 0 aliphatic carbocycles. The van der Waals surface area contributed by atoms with Gasteiger partial charge in [-0.05, 0) is 42.8 Å². The van der Waals surface area contributed by atoms with E-state index < -0.39 is 0 Å². The predicted octanol–water partition coefficient (Wildman–Crippen LogP) is 2.29. The number of amides is 1. The highest BCUT2D eigenvalue weighted by Crippen LogP contribution is 2.25. The number of carbonyl (C=O) groups is 1. The minimum atomic E-state index is -0.373. The van der Waals surface area contributed by atoms with E-state index in [1.807, 2.05) is 6.92 Å². The van der Waals surface area contributed by atoms with Crippen molar-refractivity contribution in [2.45, 2.75) is 23.6 Å². The third-order valence-electron chi connectivity index (χ3n) is 3.29. The summed E-state index contributed by atoms with van der Waals surface area (Å²) in [6.45, 7) is 1.89. The molecule has 0 bridgehead atoms. The molecule has 1 aromatic carbocycles. The van der Waals surface area contributed by atoms with Crippen molar-refractivity contribution in [3.05, 3.63) is 42.2 Å². The van der Waals surface area contributed by atoms with Gasteiger partial charge in [0.15, 0.2) is 11.5 Å². The van der Waals surface area contributed by atoms with Gasteiger partial charge in [-0.2, -0.15) is 9.61 Å². The van der Waals surface area contributed by atoms with Gasteiger partial charge >= 0.3 is 0 Å². The van der Waals surface area contributed by atoms with Crippen LogP contribution in [0.15, 0.2) is 41.4 Å². The van der Waals surface area contributed by atoms with E-state index in [9.17, 15) is 9.18 Å². The zero-order valence-corrected chi connectivity index (χ0v) is 13.1. The monoisotopic (exact) mass is 331 g/mol. The zero-order valence-electron chi connectivity index (χ0n) is 12.3. The molecule has 0 aliphatic heterocycles. The molecule has 0 radical (unpaired) electrons. The smallest absolute Gasteiger partial charge is 0.230 e. The Morgan fingerprint density at radius 2 is 2.00 bits per heavy atom. The van der Waals surface area contributed by atoms with Gasteiger partial charge in [-0.3, -0.25) is 4.79 Å². The number of aromatic nitrogens is 4. The van der Waals surface area contributed by atoms with Crippen LogP contribution in [0, 0.1) is 5.82 Å². The Kier molecular flexibility index (Phi) is 4.24. The average Bonchev–Trinajstić information content (AvgIpc) is 2.96. The fraction of sp³-hybridized carbons (Fsp3) is 0.200. The first-order chi connectivity index (χ1) is 11.1. The molecule has 0 saturated carbocycles. The summed E-state index contributed by atoms with van der Waals surface area (Å²) < 4.78 is 14.6. The normalized spacial score (nSPS) is 12.4. The van der Waals surface area contributed by atoms with Gasteiger partial charge in [0, 0.05) is 5.56 Å². The third-order valence-corrected chi connectivity index (χ3v) is 4.60. The Morgan fingerprint density at radius 3 is 2.65 bits per heavy atom. The van der Waals surface area contributed by atoms with Crippen LogP contribution in [0.1, 0.15) is 13.3 Å². The maximum Gasteiger partial charge on any atom is 0.230 e. The van der Waals surface area contributed by atoms with E-state index >= 15 is 0 Å². The predicted molar refractivity (Wildman–Crippen MR) is 85.3 cm³/mol. The van der Waals surface area contributed by atoms with Crippen LogP contribution in [0.2, 0.25) is 0 Å². The van der Waals surface area contributed by atoms with Gasteiger partial charge in [-0.1, -0.05) is 18.7 Å². The molecule has 3 rings (SSSR count). The Labute approximate surface area is 135 Å². The molecular formula is C15H14FN5OS. The maximum atomic E-state index is 13.1. The van der Waals surface area contributed by atoms with E-state index in [1.54, 1.807) is 28.8 Å². The SMILES string of the molecule is CCC(Sc1ccc2nnc(-c3ccc(F)cc3)n2n1)C(N)=O. The molecule has 23 heavy (non-hydrogen) atoms. The van der Waals surface area contributed by atoms with Crippen LogP contribution in [-0.2, 0) is 4.79 Å². The highest BCUT2D eigenvalue weighted by molar-refractivity contribution is 8.00. The molecule has 3 aromatic rings. The van der Waals surface area contributed by atoms with Gasteiger partial charge in [-0.15, -0.1) is 10.2 Å². The summed E-state index contributed by atoms with van der Waals surface area (Å²) in [4.78, 5) is 11.4. The van der Waals surface area contributed by atoms with E-state index in [2.05, 4.69) is 15.3 Å². The van der Waals surface area contributed by atoms with Gasteiger partial charge in [0.05, 0.1) is 5.25 Å². The quantitative estimate of drug-likeness (QED) is 0.725. The summed E-state index contributed by atoms with van der Waals surface area (Å²) in [5.74, 6) is -0.185. The number of hydrogen-bond acceptors (Lipinski definition) is 5.